The normalized spacial score (nSPS) is 20.8. The third kappa shape index (κ3) is 3.97. The third-order valence-corrected chi connectivity index (χ3v) is 6.63. The summed E-state index contributed by atoms with van der Waals surface area (Å²) in [6.07, 6.45) is 7.23. The molecule has 0 bridgehead atoms. The lowest BCUT2D eigenvalue weighted by atomic mass is 9.98. The molecule has 0 saturated carbocycles. The van der Waals surface area contributed by atoms with Gasteiger partial charge in [-0.1, -0.05) is 6.07 Å². The molecule has 4 heterocycles. The van der Waals surface area contributed by atoms with Crippen molar-refractivity contribution in [1.82, 2.24) is 14.3 Å². The molecular formula is C21H24N6O4S. The summed E-state index contributed by atoms with van der Waals surface area (Å²) in [5.74, 6) is 0.681. The fourth-order valence-corrected chi connectivity index (χ4v) is 5.05. The van der Waals surface area contributed by atoms with Crippen LogP contribution in [0.15, 0.2) is 53.3 Å². The summed E-state index contributed by atoms with van der Waals surface area (Å²) in [5.41, 5.74) is 8.30. The van der Waals surface area contributed by atoms with Crippen LogP contribution in [0, 0.1) is 5.92 Å². The van der Waals surface area contributed by atoms with Gasteiger partial charge in [0, 0.05) is 43.2 Å². The van der Waals surface area contributed by atoms with Crippen LogP contribution in [-0.2, 0) is 0 Å². The second kappa shape index (κ2) is 8.01. The number of benzene rings is 1. The number of anilines is 1. The van der Waals surface area contributed by atoms with Crippen molar-refractivity contribution < 1.29 is 18.6 Å². The Labute approximate surface area is 186 Å². The average molecular weight is 457 g/mol. The van der Waals surface area contributed by atoms with Crippen molar-refractivity contribution in [2.24, 2.45) is 16.0 Å². The van der Waals surface area contributed by atoms with E-state index in [1.54, 1.807) is 30.5 Å². The fraction of sp³-hybridized carbons (Fsp3) is 0.286. The highest BCUT2D eigenvalue weighted by molar-refractivity contribution is 8.24. The zero-order valence-electron chi connectivity index (χ0n) is 17.2. The van der Waals surface area contributed by atoms with Crippen LogP contribution in [0.25, 0.3) is 5.65 Å². The molecule has 1 unspecified atom stereocenters. The number of imidazole rings is 1. The molecule has 32 heavy (non-hydrogen) atoms. The van der Waals surface area contributed by atoms with Gasteiger partial charge in [-0.05, 0) is 48.1 Å². The van der Waals surface area contributed by atoms with Gasteiger partial charge in [0.25, 0.3) is 5.91 Å². The predicted octanol–water partition coefficient (Wildman–Crippen LogP) is 2.98. The van der Waals surface area contributed by atoms with Gasteiger partial charge < -0.3 is 19.8 Å². The first kappa shape index (κ1) is 20.6. The minimum absolute atomic E-state index is 0.0110. The minimum atomic E-state index is -3.34. The van der Waals surface area contributed by atoms with Crippen LogP contribution in [0.3, 0.4) is 0 Å². The Hall–Kier alpha value is -3.28. The van der Waals surface area contributed by atoms with Crippen molar-refractivity contribution >= 4 is 34.0 Å². The number of pyridine rings is 1. The number of carbonyl (C=O) groups excluding carboxylic acids is 1. The van der Waals surface area contributed by atoms with E-state index in [1.807, 2.05) is 27.8 Å². The Balaban J connectivity index is 1.27. The molecule has 0 radical (unpaired) electrons. The van der Waals surface area contributed by atoms with E-state index in [2.05, 4.69) is 14.1 Å². The van der Waals surface area contributed by atoms with E-state index in [0.29, 0.717) is 42.3 Å². The fourth-order valence-electron chi connectivity index (χ4n) is 4.17. The summed E-state index contributed by atoms with van der Waals surface area (Å²) in [6, 6.07) is 8.82. The highest BCUT2D eigenvalue weighted by Gasteiger charge is 2.28. The molecular weight excluding hydrogens is 432 g/mol. The van der Waals surface area contributed by atoms with Crippen molar-refractivity contribution in [1.29, 1.82) is 0 Å². The number of nitrogens with one attached hydrogen (secondary N) is 1. The molecule has 168 valence electrons. The number of amidine groups is 1. The van der Waals surface area contributed by atoms with Gasteiger partial charge in [0.05, 0.1) is 17.9 Å². The number of hydrogen-bond acceptors (Lipinski definition) is 8. The molecule has 11 heteroatoms. The smallest absolute Gasteiger partial charge is 0.254 e. The molecule has 1 fully saturated rings. The zero-order valence-corrected chi connectivity index (χ0v) is 18.0. The largest absolute Gasteiger partial charge is 0.492 e. The SMILES string of the molecule is NC1=NS(O)(O)Nc2cccc(OCC3CCCN(C(=O)c4ccn5ccnc5c4)C3)c21. The van der Waals surface area contributed by atoms with Crippen LogP contribution >= 0.6 is 11.0 Å². The van der Waals surface area contributed by atoms with Crippen LogP contribution in [0.4, 0.5) is 5.69 Å². The van der Waals surface area contributed by atoms with Crippen LogP contribution in [0.2, 0.25) is 0 Å². The third-order valence-electron chi connectivity index (χ3n) is 5.68. The summed E-state index contributed by atoms with van der Waals surface area (Å²) in [5, 5.41) is 0. The topological polar surface area (TPSA) is 138 Å². The van der Waals surface area contributed by atoms with E-state index in [-0.39, 0.29) is 17.7 Å². The number of fused-ring (bicyclic) bond motifs is 2. The standard InChI is InChI=1S/C21H24N6O4S/c22-20-19-16(24-32(29,30)25-20)4-1-5-17(19)31-13-14-3-2-8-27(12-14)21(28)15-6-9-26-10-7-23-18(26)11-15/h1,4-7,9-11,14,24,29-30H,2-3,8,12-13H2,(H2,22,25). The molecule has 2 aromatic heterocycles. The number of hydrogen-bond donors (Lipinski definition) is 4. The maximum atomic E-state index is 13.0. The summed E-state index contributed by atoms with van der Waals surface area (Å²) in [6.45, 7) is 1.70. The first-order valence-electron chi connectivity index (χ1n) is 10.3. The van der Waals surface area contributed by atoms with Crippen LogP contribution < -0.4 is 15.2 Å². The lowest BCUT2D eigenvalue weighted by Gasteiger charge is -2.34. The van der Waals surface area contributed by atoms with E-state index in [0.717, 1.165) is 18.5 Å². The van der Waals surface area contributed by atoms with Crippen LogP contribution in [0.1, 0.15) is 28.8 Å². The lowest BCUT2D eigenvalue weighted by molar-refractivity contribution is 0.0633. The first-order valence-corrected chi connectivity index (χ1v) is 11.8. The van der Waals surface area contributed by atoms with Crippen LogP contribution in [0.5, 0.6) is 5.75 Å². The van der Waals surface area contributed by atoms with E-state index in [1.165, 1.54) is 0 Å². The molecule has 1 atom stereocenters. The minimum Gasteiger partial charge on any atom is -0.492 e. The second-order valence-corrected chi connectivity index (χ2v) is 9.38. The number of piperidine rings is 1. The summed E-state index contributed by atoms with van der Waals surface area (Å²) >= 11 is 0. The van der Waals surface area contributed by atoms with Crippen molar-refractivity contribution in [3.05, 3.63) is 60.0 Å². The van der Waals surface area contributed by atoms with Gasteiger partial charge in [-0.15, -0.1) is 4.40 Å². The molecule has 1 saturated heterocycles. The van der Waals surface area contributed by atoms with Gasteiger partial charge in [-0.3, -0.25) is 18.6 Å². The van der Waals surface area contributed by atoms with Gasteiger partial charge in [-0.2, -0.15) is 0 Å². The molecule has 1 amide bonds. The molecule has 1 aromatic carbocycles. The molecule has 5 rings (SSSR count). The number of nitrogens with two attached hydrogens (primary N) is 1. The lowest BCUT2D eigenvalue weighted by Crippen LogP contribution is -2.41. The number of likely N-dealkylation sites (tertiary alicyclic amines) is 1. The summed E-state index contributed by atoms with van der Waals surface area (Å²) in [4.78, 5) is 19.2. The molecule has 2 aliphatic heterocycles. The monoisotopic (exact) mass is 456 g/mol. The second-order valence-electron chi connectivity index (χ2n) is 7.95. The quantitative estimate of drug-likeness (QED) is 0.473. The summed E-state index contributed by atoms with van der Waals surface area (Å²) in [7, 11) is -3.34. The van der Waals surface area contributed by atoms with Crippen molar-refractivity contribution in [2.45, 2.75) is 12.8 Å². The van der Waals surface area contributed by atoms with E-state index >= 15 is 0 Å². The number of aromatic nitrogens is 2. The maximum Gasteiger partial charge on any atom is 0.254 e. The molecule has 0 aliphatic carbocycles. The van der Waals surface area contributed by atoms with Crippen molar-refractivity contribution in [3.8, 4) is 5.75 Å². The number of ether oxygens (including phenoxy) is 1. The summed E-state index contributed by atoms with van der Waals surface area (Å²) < 4.78 is 33.9. The Morgan fingerprint density at radius 2 is 2.19 bits per heavy atom. The van der Waals surface area contributed by atoms with E-state index in [9.17, 15) is 13.9 Å². The highest BCUT2D eigenvalue weighted by Crippen LogP contribution is 2.46. The van der Waals surface area contributed by atoms with Gasteiger partial charge in [0.2, 0.25) is 0 Å². The number of nitrogens with zero attached hydrogens (tertiary/aromatic N) is 4. The average Bonchev–Trinajstić information content (AvgIpc) is 3.24. The molecule has 5 N–H and O–H groups in total. The Bertz CT molecular complexity index is 1210. The molecule has 3 aromatic rings. The number of amides is 1. The first-order chi connectivity index (χ1) is 15.4. The predicted molar refractivity (Wildman–Crippen MR) is 123 cm³/mol. The van der Waals surface area contributed by atoms with Crippen molar-refractivity contribution in [3.63, 3.8) is 0 Å². The maximum absolute atomic E-state index is 13.0. The highest BCUT2D eigenvalue weighted by atomic mass is 32.3. The Morgan fingerprint density at radius 3 is 3.06 bits per heavy atom. The van der Waals surface area contributed by atoms with E-state index < -0.39 is 11.0 Å². The Morgan fingerprint density at radius 1 is 1.31 bits per heavy atom. The molecule has 10 nitrogen and oxygen atoms in total. The van der Waals surface area contributed by atoms with E-state index in [4.69, 9.17) is 10.5 Å². The van der Waals surface area contributed by atoms with Crippen molar-refractivity contribution in [2.75, 3.05) is 24.4 Å². The van der Waals surface area contributed by atoms with Gasteiger partial charge >= 0.3 is 0 Å². The van der Waals surface area contributed by atoms with Gasteiger partial charge in [0.1, 0.15) is 11.4 Å². The van der Waals surface area contributed by atoms with Gasteiger partial charge in [0.15, 0.2) is 5.84 Å². The van der Waals surface area contributed by atoms with Gasteiger partial charge in [-0.25, -0.2) is 4.98 Å². The molecule has 0 spiro atoms. The Kier molecular flexibility index (Phi) is 5.16. The number of carbonyl (C=O) groups is 1. The number of rotatable bonds is 4. The molecule has 2 aliphatic rings. The van der Waals surface area contributed by atoms with Crippen LogP contribution in [-0.4, -0.2) is 54.8 Å². The zero-order chi connectivity index (χ0) is 22.3.